The van der Waals surface area contributed by atoms with Gasteiger partial charge in [0.15, 0.2) is 17.4 Å². The monoisotopic (exact) mass is 440 g/mol. The number of aliphatic hydroxyl groups is 1. The number of benzene rings is 1. The Bertz CT molecular complexity index is 759. The molecule has 2 rings (SSSR count). The number of nitrogens with zero attached hydrogens (tertiary/aromatic N) is 2. The van der Waals surface area contributed by atoms with Crippen molar-refractivity contribution in [3.63, 3.8) is 0 Å². The van der Waals surface area contributed by atoms with Gasteiger partial charge in [-0.1, -0.05) is 95.9 Å². The zero-order valence-corrected chi connectivity index (χ0v) is 19.9. The molecule has 32 heavy (non-hydrogen) atoms. The molecule has 2 aromatic rings. The van der Waals surface area contributed by atoms with Crippen LogP contribution in [0.4, 0.5) is 0 Å². The lowest BCUT2D eigenvalue weighted by atomic mass is 10.00. The lowest BCUT2D eigenvalue weighted by molar-refractivity contribution is 0.0864. The van der Waals surface area contributed by atoms with Gasteiger partial charge < -0.3 is 9.84 Å². The molecule has 1 heterocycles. The van der Waals surface area contributed by atoms with Crippen LogP contribution in [0.25, 0.3) is 11.4 Å². The number of ketones is 1. The number of Topliss-reactive ketones (excluding diaryl/α,β-unsaturated/α-hetero) is 1. The normalized spacial score (nSPS) is 12.0. The number of carbonyl (C=O) groups excluding carboxylic acids is 1. The number of ether oxygens (including phenoxy) is 1. The Kier molecular flexibility index (Phi) is 12.6. The maximum atomic E-state index is 12.4. The maximum Gasteiger partial charge on any atom is 0.165 e. The first kappa shape index (κ1) is 26.0. The highest BCUT2D eigenvalue weighted by Crippen LogP contribution is 2.19. The largest absolute Gasteiger partial charge is 0.490 e. The van der Waals surface area contributed by atoms with E-state index in [1.54, 1.807) is 24.5 Å². The predicted octanol–water partition coefficient (Wildman–Crippen LogP) is 6.79. The summed E-state index contributed by atoms with van der Waals surface area (Å²) in [6.45, 7) is 5.08. The predicted molar refractivity (Wildman–Crippen MR) is 130 cm³/mol. The smallest absolute Gasteiger partial charge is 0.165 e. The molecule has 0 bridgehead atoms. The molecule has 1 atom stereocenters. The maximum absolute atomic E-state index is 12.4. The molecule has 0 spiro atoms. The van der Waals surface area contributed by atoms with Gasteiger partial charge in [-0.05, 0) is 12.8 Å². The van der Waals surface area contributed by atoms with E-state index in [0.29, 0.717) is 30.2 Å². The fourth-order valence-corrected chi connectivity index (χ4v) is 3.66. The van der Waals surface area contributed by atoms with E-state index in [0.717, 1.165) is 24.8 Å². The molecular formula is C27H40N2O3. The molecular weight excluding hydrogens is 400 g/mol. The van der Waals surface area contributed by atoms with Crippen molar-refractivity contribution in [2.24, 2.45) is 0 Å². The van der Waals surface area contributed by atoms with Gasteiger partial charge in [0.1, 0.15) is 0 Å². The van der Waals surface area contributed by atoms with Crippen LogP contribution in [0.5, 0.6) is 5.75 Å². The standard InChI is InChI=1S/C27H40N2O3/c1-3-5-7-9-10-12-18-32-25-20-28-27(29-21-25)23-16-14-22(15-17-23)26(31)19-24(30)13-11-8-6-4-2/h14-17,20-21,24,30H,3-13,18-19H2,1-2H3/t24-/m1/s1. The second-order valence-electron chi connectivity index (χ2n) is 8.57. The minimum atomic E-state index is -0.564. The lowest BCUT2D eigenvalue weighted by Crippen LogP contribution is -2.13. The molecule has 1 N–H and O–H groups in total. The molecule has 0 radical (unpaired) electrons. The summed E-state index contributed by atoms with van der Waals surface area (Å²) < 4.78 is 5.74. The summed E-state index contributed by atoms with van der Waals surface area (Å²) in [5, 5.41) is 10.1. The van der Waals surface area contributed by atoms with E-state index in [-0.39, 0.29) is 12.2 Å². The highest BCUT2D eigenvalue weighted by molar-refractivity contribution is 5.96. The van der Waals surface area contributed by atoms with Crippen LogP contribution in [-0.4, -0.2) is 33.6 Å². The minimum absolute atomic E-state index is 0.0288. The first-order valence-corrected chi connectivity index (χ1v) is 12.4. The Hall–Kier alpha value is -2.27. The molecule has 0 unspecified atom stereocenters. The molecule has 0 aliphatic rings. The average molecular weight is 441 g/mol. The molecule has 0 saturated heterocycles. The van der Waals surface area contributed by atoms with Crippen LogP contribution >= 0.6 is 0 Å². The van der Waals surface area contributed by atoms with E-state index in [1.165, 1.54) is 44.9 Å². The number of unbranched alkanes of at least 4 members (excludes halogenated alkanes) is 8. The number of carbonyl (C=O) groups is 1. The van der Waals surface area contributed by atoms with Crippen molar-refractivity contribution in [3.8, 4) is 17.1 Å². The summed E-state index contributed by atoms with van der Waals surface area (Å²) in [5.41, 5.74) is 1.46. The third-order valence-corrected chi connectivity index (χ3v) is 5.67. The quantitative estimate of drug-likeness (QED) is 0.217. The number of hydrogen-bond acceptors (Lipinski definition) is 5. The highest BCUT2D eigenvalue weighted by Gasteiger charge is 2.13. The Labute approximate surface area is 193 Å². The zero-order valence-electron chi connectivity index (χ0n) is 19.9. The van der Waals surface area contributed by atoms with Crippen molar-refractivity contribution in [1.82, 2.24) is 9.97 Å². The van der Waals surface area contributed by atoms with Gasteiger partial charge in [0, 0.05) is 17.5 Å². The molecule has 5 nitrogen and oxygen atoms in total. The van der Waals surface area contributed by atoms with Crippen LogP contribution in [0.2, 0.25) is 0 Å². The van der Waals surface area contributed by atoms with Gasteiger partial charge in [-0.25, -0.2) is 9.97 Å². The Balaban J connectivity index is 1.76. The number of rotatable bonds is 17. The average Bonchev–Trinajstić information content (AvgIpc) is 2.82. The molecule has 0 saturated carbocycles. The van der Waals surface area contributed by atoms with Crippen LogP contribution in [0.1, 0.15) is 101 Å². The topological polar surface area (TPSA) is 72.3 Å². The van der Waals surface area contributed by atoms with Gasteiger partial charge in [0.25, 0.3) is 0 Å². The van der Waals surface area contributed by atoms with E-state index in [9.17, 15) is 9.90 Å². The van der Waals surface area contributed by atoms with Gasteiger partial charge in [-0.15, -0.1) is 0 Å². The number of aliphatic hydroxyl groups excluding tert-OH is 1. The lowest BCUT2D eigenvalue weighted by Gasteiger charge is -2.10. The van der Waals surface area contributed by atoms with Crippen LogP contribution in [0.3, 0.4) is 0 Å². The molecule has 0 aliphatic carbocycles. The molecule has 176 valence electrons. The SMILES string of the molecule is CCCCCCCCOc1cnc(-c2ccc(C(=O)C[C@H](O)CCCCCC)cc2)nc1. The van der Waals surface area contributed by atoms with Gasteiger partial charge in [-0.3, -0.25) is 4.79 Å². The van der Waals surface area contributed by atoms with Crippen LogP contribution in [0.15, 0.2) is 36.7 Å². The van der Waals surface area contributed by atoms with E-state index in [1.807, 2.05) is 12.1 Å². The van der Waals surface area contributed by atoms with Gasteiger partial charge in [0.2, 0.25) is 0 Å². The fraction of sp³-hybridized carbons (Fsp3) is 0.593. The molecule has 0 aliphatic heterocycles. The molecule has 5 heteroatoms. The molecule has 1 aromatic heterocycles. The minimum Gasteiger partial charge on any atom is -0.490 e. The van der Waals surface area contributed by atoms with Crippen molar-refractivity contribution in [2.45, 2.75) is 97.0 Å². The zero-order chi connectivity index (χ0) is 23.0. The number of aromatic nitrogens is 2. The Morgan fingerprint density at radius 2 is 1.47 bits per heavy atom. The van der Waals surface area contributed by atoms with E-state index >= 15 is 0 Å². The second-order valence-corrected chi connectivity index (χ2v) is 8.57. The molecule has 1 aromatic carbocycles. The van der Waals surface area contributed by atoms with Crippen molar-refractivity contribution < 1.29 is 14.6 Å². The Morgan fingerprint density at radius 1 is 0.875 bits per heavy atom. The van der Waals surface area contributed by atoms with Crippen molar-refractivity contribution in [2.75, 3.05) is 6.61 Å². The highest BCUT2D eigenvalue weighted by atomic mass is 16.5. The van der Waals surface area contributed by atoms with Crippen LogP contribution in [0, 0.1) is 0 Å². The molecule has 0 amide bonds. The van der Waals surface area contributed by atoms with E-state index in [2.05, 4.69) is 23.8 Å². The first-order valence-electron chi connectivity index (χ1n) is 12.4. The Morgan fingerprint density at radius 3 is 2.12 bits per heavy atom. The second kappa shape index (κ2) is 15.5. The number of hydrogen-bond donors (Lipinski definition) is 1. The van der Waals surface area contributed by atoms with Crippen LogP contribution in [-0.2, 0) is 0 Å². The summed E-state index contributed by atoms with van der Waals surface area (Å²) in [5.74, 6) is 1.26. The summed E-state index contributed by atoms with van der Waals surface area (Å²) in [6, 6.07) is 7.28. The van der Waals surface area contributed by atoms with Gasteiger partial charge in [-0.2, -0.15) is 0 Å². The third-order valence-electron chi connectivity index (χ3n) is 5.67. The first-order chi connectivity index (χ1) is 15.6. The van der Waals surface area contributed by atoms with E-state index < -0.39 is 6.10 Å². The van der Waals surface area contributed by atoms with Crippen molar-refractivity contribution >= 4 is 5.78 Å². The van der Waals surface area contributed by atoms with Gasteiger partial charge in [0.05, 0.1) is 25.1 Å². The summed E-state index contributed by atoms with van der Waals surface area (Å²) >= 11 is 0. The molecule has 0 fully saturated rings. The fourth-order valence-electron chi connectivity index (χ4n) is 3.66. The third kappa shape index (κ3) is 9.90. The van der Waals surface area contributed by atoms with Gasteiger partial charge >= 0.3 is 0 Å². The summed E-state index contributed by atoms with van der Waals surface area (Å²) in [6.07, 6.45) is 15.5. The van der Waals surface area contributed by atoms with Crippen molar-refractivity contribution in [3.05, 3.63) is 42.2 Å². The summed E-state index contributed by atoms with van der Waals surface area (Å²) in [4.78, 5) is 21.2. The van der Waals surface area contributed by atoms with Crippen LogP contribution < -0.4 is 4.74 Å². The summed E-state index contributed by atoms with van der Waals surface area (Å²) in [7, 11) is 0. The van der Waals surface area contributed by atoms with Crippen molar-refractivity contribution in [1.29, 1.82) is 0 Å². The van der Waals surface area contributed by atoms with E-state index in [4.69, 9.17) is 4.74 Å².